The molecule has 1 aliphatic carbocycles. The van der Waals surface area contributed by atoms with E-state index >= 15 is 0 Å². The van der Waals surface area contributed by atoms with Gasteiger partial charge in [0.1, 0.15) is 6.61 Å². The average Bonchev–Trinajstić information content (AvgIpc) is 2.65. The van der Waals surface area contributed by atoms with Gasteiger partial charge in [-0.05, 0) is 31.0 Å². The molecule has 0 unspecified atom stereocenters. The molecule has 162 valence electrons. The summed E-state index contributed by atoms with van der Waals surface area (Å²) in [5.41, 5.74) is 4.67. The summed E-state index contributed by atoms with van der Waals surface area (Å²) in [4.78, 5) is 49.4. The third-order valence-corrected chi connectivity index (χ3v) is 5.13. The zero-order valence-electron chi connectivity index (χ0n) is 16.0. The maximum atomic E-state index is 13.6. The Morgan fingerprint density at radius 1 is 1.23 bits per heavy atom. The highest BCUT2D eigenvalue weighted by Gasteiger charge is 2.33. The van der Waals surface area contributed by atoms with Gasteiger partial charge in [-0.15, -0.1) is 0 Å². The van der Waals surface area contributed by atoms with Gasteiger partial charge in [-0.2, -0.15) is 0 Å². The quantitative estimate of drug-likeness (QED) is 0.555. The maximum absolute atomic E-state index is 13.6. The Bertz CT molecular complexity index is 859. The number of benzene rings is 1. The smallest absolute Gasteiger partial charge is 0.265 e. The molecular weight excluding hydrogens is 402 g/mol. The molecule has 1 aromatic carbocycles. The van der Waals surface area contributed by atoms with Crippen molar-refractivity contribution in [2.75, 3.05) is 30.0 Å². The van der Waals surface area contributed by atoms with Gasteiger partial charge in [0.15, 0.2) is 6.04 Å². The van der Waals surface area contributed by atoms with Gasteiger partial charge in [0, 0.05) is 29.4 Å². The minimum absolute atomic E-state index is 0.149. The van der Waals surface area contributed by atoms with Crippen molar-refractivity contribution in [2.24, 2.45) is 11.7 Å². The van der Waals surface area contributed by atoms with E-state index in [0.717, 1.165) is 12.5 Å². The normalized spacial score (nSPS) is 18.0. The van der Waals surface area contributed by atoms with Gasteiger partial charge < -0.3 is 26.0 Å². The molecule has 11 heteroatoms. The molecule has 2 aliphatic rings. The zero-order valence-corrected chi connectivity index (χ0v) is 16.0. The molecular formula is C19H22F2N4O5. The molecule has 9 nitrogen and oxygen atoms in total. The number of nitrogens with one attached hydrogen (secondary N) is 2. The Kier molecular flexibility index (Phi) is 6.60. The van der Waals surface area contributed by atoms with Crippen LogP contribution in [0.15, 0.2) is 18.2 Å². The monoisotopic (exact) mass is 424 g/mol. The first-order valence-corrected chi connectivity index (χ1v) is 9.48. The molecule has 3 rings (SSSR count). The van der Waals surface area contributed by atoms with E-state index in [0.29, 0.717) is 12.8 Å². The molecule has 0 aromatic heterocycles. The summed E-state index contributed by atoms with van der Waals surface area (Å²) in [6.45, 7) is 0.336. The minimum atomic E-state index is -2.96. The third-order valence-electron chi connectivity index (χ3n) is 5.13. The molecule has 1 saturated heterocycles. The van der Waals surface area contributed by atoms with Crippen molar-refractivity contribution >= 4 is 35.0 Å². The maximum Gasteiger partial charge on any atom is 0.265 e. The highest BCUT2D eigenvalue weighted by Crippen LogP contribution is 2.32. The topological polar surface area (TPSA) is 131 Å². The molecule has 1 atom stereocenters. The number of anilines is 2. The summed E-state index contributed by atoms with van der Waals surface area (Å²) in [6, 6.07) is 2.01. The third kappa shape index (κ3) is 4.73. The van der Waals surface area contributed by atoms with Crippen molar-refractivity contribution in [3.8, 4) is 0 Å². The van der Waals surface area contributed by atoms with Gasteiger partial charge in [-0.25, -0.2) is 8.78 Å². The van der Waals surface area contributed by atoms with Crippen LogP contribution in [0.4, 0.5) is 20.2 Å². The first-order chi connectivity index (χ1) is 14.3. The lowest BCUT2D eigenvalue weighted by Gasteiger charge is -2.28. The number of ether oxygens (including phenoxy) is 1. The summed E-state index contributed by atoms with van der Waals surface area (Å²) in [5.74, 6) is -3.26. The summed E-state index contributed by atoms with van der Waals surface area (Å²) in [7, 11) is 0. The Morgan fingerprint density at radius 3 is 2.53 bits per heavy atom. The van der Waals surface area contributed by atoms with Gasteiger partial charge in [0.05, 0.1) is 6.61 Å². The SMILES string of the molecule is NC(=O)[C@@H](NC(=O)C1CCC1)C(=O)Nc1ccc(N2CCOCC2=O)cc1C(F)F. The lowest BCUT2D eigenvalue weighted by atomic mass is 9.84. The van der Waals surface area contributed by atoms with Crippen LogP contribution in [-0.2, 0) is 23.9 Å². The van der Waals surface area contributed by atoms with Crippen LogP contribution in [0.25, 0.3) is 0 Å². The predicted octanol–water partition coefficient (Wildman–Crippen LogP) is 0.696. The molecule has 0 spiro atoms. The lowest BCUT2D eigenvalue weighted by Crippen LogP contribution is -2.53. The van der Waals surface area contributed by atoms with Crippen LogP contribution in [0.3, 0.4) is 0 Å². The summed E-state index contributed by atoms with van der Waals surface area (Å²) in [5, 5.41) is 4.51. The predicted molar refractivity (Wildman–Crippen MR) is 102 cm³/mol. The molecule has 0 bridgehead atoms. The molecule has 1 aliphatic heterocycles. The Labute approximate surface area is 170 Å². The second-order valence-corrected chi connectivity index (χ2v) is 7.13. The summed E-state index contributed by atoms with van der Waals surface area (Å²) >= 11 is 0. The van der Waals surface area contributed by atoms with Gasteiger partial charge in [-0.1, -0.05) is 6.42 Å². The number of primary amides is 1. The molecule has 1 aromatic rings. The van der Waals surface area contributed by atoms with E-state index in [-0.39, 0.29) is 43.0 Å². The van der Waals surface area contributed by atoms with Gasteiger partial charge in [0.25, 0.3) is 18.2 Å². The molecule has 2 fully saturated rings. The number of carbonyl (C=O) groups is 4. The number of halogens is 2. The highest BCUT2D eigenvalue weighted by molar-refractivity contribution is 6.12. The Morgan fingerprint density at radius 2 is 1.97 bits per heavy atom. The van der Waals surface area contributed by atoms with Crippen molar-refractivity contribution < 1.29 is 32.7 Å². The molecule has 1 saturated carbocycles. The number of nitrogens with two attached hydrogens (primary N) is 1. The van der Waals surface area contributed by atoms with Gasteiger partial charge in [-0.3, -0.25) is 19.2 Å². The number of rotatable bonds is 7. The van der Waals surface area contributed by atoms with E-state index in [4.69, 9.17) is 10.5 Å². The number of nitrogens with zero attached hydrogens (tertiary/aromatic N) is 1. The fourth-order valence-corrected chi connectivity index (χ4v) is 3.20. The largest absolute Gasteiger partial charge is 0.370 e. The zero-order chi connectivity index (χ0) is 21.8. The van der Waals surface area contributed by atoms with Crippen molar-refractivity contribution in [3.63, 3.8) is 0 Å². The van der Waals surface area contributed by atoms with Crippen molar-refractivity contribution in [1.29, 1.82) is 0 Å². The summed E-state index contributed by atoms with van der Waals surface area (Å²) < 4.78 is 32.2. The molecule has 30 heavy (non-hydrogen) atoms. The summed E-state index contributed by atoms with van der Waals surface area (Å²) in [6.07, 6.45) is -0.791. The highest BCUT2D eigenvalue weighted by atomic mass is 19.3. The number of amides is 4. The van der Waals surface area contributed by atoms with Crippen molar-refractivity contribution in [3.05, 3.63) is 23.8 Å². The van der Waals surface area contributed by atoms with E-state index in [1.807, 2.05) is 0 Å². The van der Waals surface area contributed by atoms with Gasteiger partial charge >= 0.3 is 0 Å². The van der Waals surface area contributed by atoms with E-state index in [9.17, 15) is 28.0 Å². The van der Waals surface area contributed by atoms with E-state index in [1.165, 1.54) is 17.0 Å². The van der Waals surface area contributed by atoms with Crippen LogP contribution in [0, 0.1) is 5.92 Å². The molecule has 0 radical (unpaired) electrons. The first kappa shape index (κ1) is 21.6. The fraction of sp³-hybridized carbons (Fsp3) is 0.474. The standard InChI is InChI=1S/C19H22F2N4O5/c20-16(21)12-8-11(25-6-7-30-9-14(25)26)4-5-13(12)23-19(29)15(17(22)27)24-18(28)10-2-1-3-10/h4-5,8,10,15-16H,1-3,6-7,9H2,(H2,22,27)(H,23,29)(H,24,28)/t15-/m1/s1. The number of carbonyl (C=O) groups excluding carboxylic acids is 4. The van der Waals surface area contributed by atoms with Crippen LogP contribution in [0.1, 0.15) is 31.3 Å². The molecule has 4 amide bonds. The number of hydrogen-bond acceptors (Lipinski definition) is 5. The van der Waals surface area contributed by atoms with E-state index in [2.05, 4.69) is 10.6 Å². The van der Waals surface area contributed by atoms with Crippen LogP contribution >= 0.6 is 0 Å². The van der Waals surface area contributed by atoms with E-state index in [1.54, 1.807) is 0 Å². The van der Waals surface area contributed by atoms with Crippen LogP contribution in [-0.4, -0.2) is 49.4 Å². The van der Waals surface area contributed by atoms with Crippen molar-refractivity contribution in [2.45, 2.75) is 31.7 Å². The minimum Gasteiger partial charge on any atom is -0.370 e. The number of hydrogen-bond donors (Lipinski definition) is 3. The van der Waals surface area contributed by atoms with E-state index < -0.39 is 35.8 Å². The second-order valence-electron chi connectivity index (χ2n) is 7.13. The fourth-order valence-electron chi connectivity index (χ4n) is 3.20. The Balaban J connectivity index is 1.77. The molecule has 4 N–H and O–H groups in total. The van der Waals surface area contributed by atoms with Gasteiger partial charge in [0.2, 0.25) is 11.8 Å². The lowest BCUT2D eigenvalue weighted by molar-refractivity contribution is -0.136. The second kappa shape index (κ2) is 9.16. The Hall–Kier alpha value is -3.08. The first-order valence-electron chi connectivity index (χ1n) is 9.48. The van der Waals surface area contributed by atoms with Crippen molar-refractivity contribution in [1.82, 2.24) is 5.32 Å². The average molecular weight is 424 g/mol. The van der Waals surface area contributed by atoms with Crippen LogP contribution < -0.4 is 21.3 Å². The molecule has 1 heterocycles. The number of morpholine rings is 1. The number of alkyl halides is 2. The van der Waals surface area contributed by atoms with Crippen LogP contribution in [0.5, 0.6) is 0 Å². The van der Waals surface area contributed by atoms with Crippen LogP contribution in [0.2, 0.25) is 0 Å².